The minimum Gasteiger partial charge on any atom is -0.465 e. The van der Waals surface area contributed by atoms with Gasteiger partial charge in [-0.3, -0.25) is 0 Å². The van der Waals surface area contributed by atoms with Crippen molar-refractivity contribution in [3.05, 3.63) is 39.6 Å². The third-order valence-electron chi connectivity index (χ3n) is 3.60. The van der Waals surface area contributed by atoms with Gasteiger partial charge in [0.15, 0.2) is 0 Å². The normalized spacial score (nSPS) is 14.1. The number of hydrogen-bond acceptors (Lipinski definition) is 5. The van der Waals surface area contributed by atoms with Crippen LogP contribution < -0.4 is 0 Å². The quantitative estimate of drug-likeness (QED) is 0.586. The fourth-order valence-electron chi connectivity index (χ4n) is 2.34. The van der Waals surface area contributed by atoms with E-state index in [0.717, 1.165) is 33.9 Å². The molecule has 1 aromatic heterocycles. The fraction of sp³-hybridized carbons (Fsp3) is 0.400. The highest BCUT2D eigenvalue weighted by Crippen LogP contribution is 2.39. The molecule has 0 amide bonds. The van der Waals surface area contributed by atoms with E-state index in [9.17, 15) is 4.79 Å². The molecule has 1 heterocycles. The lowest BCUT2D eigenvalue weighted by Gasteiger charge is -2.10. The molecule has 0 spiro atoms. The van der Waals surface area contributed by atoms with Crippen LogP contribution in [0.1, 0.15) is 40.5 Å². The van der Waals surface area contributed by atoms with Crippen LogP contribution in [-0.4, -0.2) is 34.1 Å². The smallest absolute Gasteiger partial charge is 0.338 e. The Kier molecular flexibility index (Phi) is 4.54. The van der Waals surface area contributed by atoms with E-state index >= 15 is 0 Å². The van der Waals surface area contributed by atoms with Crippen LogP contribution >= 0.6 is 27.7 Å². The van der Waals surface area contributed by atoms with Crippen LogP contribution in [0.5, 0.6) is 0 Å². The Bertz CT molecular complexity index is 713. The van der Waals surface area contributed by atoms with Gasteiger partial charge >= 0.3 is 5.97 Å². The minimum atomic E-state index is -0.333. The van der Waals surface area contributed by atoms with Crippen molar-refractivity contribution in [1.29, 1.82) is 0 Å². The maximum Gasteiger partial charge on any atom is 0.338 e. The van der Waals surface area contributed by atoms with E-state index in [1.165, 1.54) is 18.9 Å². The van der Waals surface area contributed by atoms with Gasteiger partial charge in [-0.05, 0) is 42.9 Å². The summed E-state index contributed by atoms with van der Waals surface area (Å²) in [7, 11) is 1.39. The van der Waals surface area contributed by atoms with Crippen molar-refractivity contribution in [2.24, 2.45) is 0 Å². The molecule has 1 fully saturated rings. The summed E-state index contributed by atoms with van der Waals surface area (Å²) in [4.78, 5) is 16.5. The third-order valence-corrected chi connectivity index (χ3v) is 4.63. The lowest BCUT2D eigenvalue weighted by Crippen LogP contribution is -2.12. The summed E-state index contributed by atoms with van der Waals surface area (Å²) >= 11 is 4.99. The number of aromatic nitrogens is 3. The predicted octanol–water partition coefficient (Wildman–Crippen LogP) is 3.47. The van der Waals surface area contributed by atoms with Crippen LogP contribution in [0.3, 0.4) is 0 Å². The number of halogens is 1. The van der Waals surface area contributed by atoms with Crippen LogP contribution in [-0.2, 0) is 11.3 Å². The average molecular weight is 382 g/mol. The van der Waals surface area contributed by atoms with Gasteiger partial charge in [0.05, 0.1) is 19.2 Å². The summed E-state index contributed by atoms with van der Waals surface area (Å²) in [6, 6.07) is 5.55. The van der Waals surface area contributed by atoms with Crippen molar-refractivity contribution in [2.45, 2.75) is 30.5 Å². The van der Waals surface area contributed by atoms with Gasteiger partial charge in [-0.25, -0.2) is 14.5 Å². The van der Waals surface area contributed by atoms with Gasteiger partial charge < -0.3 is 4.74 Å². The molecule has 0 radical (unpaired) electrons. The van der Waals surface area contributed by atoms with E-state index in [1.807, 2.05) is 23.1 Å². The van der Waals surface area contributed by atoms with Gasteiger partial charge in [-0.2, -0.15) is 0 Å². The molecule has 5 nitrogen and oxygen atoms in total. The van der Waals surface area contributed by atoms with E-state index < -0.39 is 0 Å². The molecule has 1 aliphatic carbocycles. The monoisotopic (exact) mass is 381 g/mol. The number of benzene rings is 1. The number of hydrogen-bond donors (Lipinski definition) is 0. The lowest BCUT2D eigenvalue weighted by atomic mass is 10.1. The van der Waals surface area contributed by atoms with Gasteiger partial charge in [-0.15, -0.1) is 5.10 Å². The lowest BCUT2D eigenvalue weighted by molar-refractivity contribution is 0.0599. The van der Waals surface area contributed by atoms with Crippen molar-refractivity contribution < 1.29 is 9.53 Å². The van der Waals surface area contributed by atoms with Crippen molar-refractivity contribution in [3.8, 4) is 0 Å². The predicted molar refractivity (Wildman–Crippen MR) is 88.4 cm³/mol. The first kappa shape index (κ1) is 15.6. The molecule has 0 atom stereocenters. The summed E-state index contributed by atoms with van der Waals surface area (Å²) in [6.45, 7) is 0.517. The Labute approximate surface area is 141 Å². The summed E-state index contributed by atoms with van der Waals surface area (Å²) in [6.07, 6.45) is 4.29. The Hall–Kier alpha value is -1.34. The molecular weight excluding hydrogens is 366 g/mol. The van der Waals surface area contributed by atoms with Crippen LogP contribution in [0.4, 0.5) is 0 Å². The number of rotatable bonds is 5. The molecule has 0 unspecified atom stereocenters. The first-order chi connectivity index (χ1) is 10.6. The highest BCUT2D eigenvalue weighted by molar-refractivity contribution is 9.10. The largest absolute Gasteiger partial charge is 0.465 e. The number of esters is 1. The van der Waals surface area contributed by atoms with Crippen LogP contribution in [0.15, 0.2) is 27.8 Å². The Morgan fingerprint density at radius 1 is 1.50 bits per heavy atom. The molecule has 116 valence electrons. The number of methoxy groups -OCH3 is 1. The Balaban J connectivity index is 1.97. The van der Waals surface area contributed by atoms with E-state index in [0.29, 0.717) is 18.0 Å². The van der Waals surface area contributed by atoms with E-state index in [2.05, 4.69) is 26.0 Å². The zero-order chi connectivity index (χ0) is 15.7. The molecule has 1 aromatic carbocycles. The van der Waals surface area contributed by atoms with E-state index in [1.54, 1.807) is 6.07 Å². The van der Waals surface area contributed by atoms with Crippen molar-refractivity contribution in [2.75, 3.05) is 13.4 Å². The molecule has 0 N–H and O–H groups in total. The number of thioether (sulfide) groups is 1. The molecular formula is C15H16BrN3O2S. The molecule has 0 aliphatic heterocycles. The average Bonchev–Trinajstić information content (AvgIpc) is 3.28. The SMILES string of the molecule is COC(=O)c1ccc(Br)cc1Cn1nc(SC)nc1C1CC1. The van der Waals surface area contributed by atoms with Gasteiger partial charge in [0, 0.05) is 10.4 Å². The summed E-state index contributed by atoms with van der Waals surface area (Å²) in [5.41, 5.74) is 1.44. The van der Waals surface area contributed by atoms with Gasteiger partial charge in [-0.1, -0.05) is 27.7 Å². The maximum absolute atomic E-state index is 11.9. The van der Waals surface area contributed by atoms with Gasteiger partial charge in [0.2, 0.25) is 5.16 Å². The fourth-order valence-corrected chi connectivity index (χ4v) is 3.12. The third kappa shape index (κ3) is 3.20. The highest BCUT2D eigenvalue weighted by atomic mass is 79.9. The summed E-state index contributed by atoms with van der Waals surface area (Å²) in [5.74, 6) is 1.18. The van der Waals surface area contributed by atoms with Crippen molar-refractivity contribution >= 4 is 33.7 Å². The standard InChI is InChI=1S/C15H16BrN3O2S/c1-21-14(20)12-6-5-11(16)7-10(12)8-19-13(9-3-4-9)17-15(18-19)22-2/h5-7,9H,3-4,8H2,1-2H3. The summed E-state index contributed by atoms with van der Waals surface area (Å²) in [5, 5.41) is 5.32. The van der Waals surface area contributed by atoms with Gasteiger partial charge in [0.1, 0.15) is 5.82 Å². The highest BCUT2D eigenvalue weighted by Gasteiger charge is 2.30. The van der Waals surface area contributed by atoms with Gasteiger partial charge in [0.25, 0.3) is 0 Å². The second-order valence-electron chi connectivity index (χ2n) is 5.18. The van der Waals surface area contributed by atoms with E-state index in [4.69, 9.17) is 4.74 Å². The summed E-state index contributed by atoms with van der Waals surface area (Å²) < 4.78 is 7.71. The molecule has 22 heavy (non-hydrogen) atoms. The second kappa shape index (κ2) is 6.42. The van der Waals surface area contributed by atoms with Crippen molar-refractivity contribution in [3.63, 3.8) is 0 Å². The number of nitrogens with zero attached hydrogens (tertiary/aromatic N) is 3. The van der Waals surface area contributed by atoms with Crippen molar-refractivity contribution in [1.82, 2.24) is 14.8 Å². The molecule has 0 saturated heterocycles. The Morgan fingerprint density at radius 2 is 2.27 bits per heavy atom. The minimum absolute atomic E-state index is 0.333. The number of ether oxygens (including phenoxy) is 1. The second-order valence-corrected chi connectivity index (χ2v) is 6.87. The maximum atomic E-state index is 11.9. The molecule has 0 bridgehead atoms. The number of carbonyl (C=O) groups excluding carboxylic acids is 1. The molecule has 3 rings (SSSR count). The van der Waals surface area contributed by atoms with Crippen LogP contribution in [0, 0.1) is 0 Å². The zero-order valence-electron chi connectivity index (χ0n) is 12.4. The van der Waals surface area contributed by atoms with E-state index in [-0.39, 0.29) is 5.97 Å². The Morgan fingerprint density at radius 3 is 2.91 bits per heavy atom. The first-order valence-electron chi connectivity index (χ1n) is 6.98. The topological polar surface area (TPSA) is 57.0 Å². The molecule has 1 aliphatic rings. The van der Waals surface area contributed by atoms with Crippen LogP contribution in [0.25, 0.3) is 0 Å². The number of carbonyl (C=O) groups is 1. The molecule has 7 heteroatoms. The zero-order valence-corrected chi connectivity index (χ0v) is 14.8. The molecule has 1 saturated carbocycles. The first-order valence-corrected chi connectivity index (χ1v) is 8.99. The molecule has 2 aromatic rings. The van der Waals surface area contributed by atoms with Crippen LogP contribution in [0.2, 0.25) is 0 Å².